The SMILES string of the molecule is CCN(CC)C(=O)Cn1ccn2nc3c(c2c1=O)CCCC3. The summed E-state index contributed by atoms with van der Waals surface area (Å²) < 4.78 is 3.18. The van der Waals surface area contributed by atoms with E-state index in [1.165, 1.54) is 4.57 Å². The predicted molar refractivity (Wildman–Crippen MR) is 84.0 cm³/mol. The molecule has 22 heavy (non-hydrogen) atoms. The molecule has 1 aliphatic rings. The highest BCUT2D eigenvalue weighted by Crippen LogP contribution is 2.22. The molecule has 0 bridgehead atoms. The van der Waals surface area contributed by atoms with Gasteiger partial charge in [0.05, 0.1) is 5.69 Å². The topological polar surface area (TPSA) is 59.6 Å². The lowest BCUT2D eigenvalue weighted by Crippen LogP contribution is -2.36. The van der Waals surface area contributed by atoms with Crippen molar-refractivity contribution in [2.75, 3.05) is 13.1 Å². The maximum absolute atomic E-state index is 12.7. The number of aromatic nitrogens is 3. The maximum atomic E-state index is 12.7. The second-order valence-corrected chi connectivity index (χ2v) is 5.72. The van der Waals surface area contributed by atoms with Crippen molar-refractivity contribution in [3.8, 4) is 0 Å². The zero-order chi connectivity index (χ0) is 15.7. The molecule has 0 aromatic carbocycles. The number of likely N-dealkylation sites (N-methyl/N-ethyl adjacent to an activating group) is 1. The molecular weight excluding hydrogens is 280 g/mol. The third-order valence-corrected chi connectivity index (χ3v) is 4.46. The van der Waals surface area contributed by atoms with E-state index in [4.69, 9.17) is 0 Å². The predicted octanol–water partition coefficient (Wildman–Crippen LogP) is 1.24. The van der Waals surface area contributed by atoms with Crippen LogP contribution >= 0.6 is 0 Å². The van der Waals surface area contributed by atoms with E-state index in [1.54, 1.807) is 21.8 Å². The largest absolute Gasteiger partial charge is 0.342 e. The summed E-state index contributed by atoms with van der Waals surface area (Å²) in [5, 5.41) is 4.51. The molecule has 3 rings (SSSR count). The molecule has 0 spiro atoms. The highest BCUT2D eigenvalue weighted by Gasteiger charge is 2.20. The molecule has 6 nitrogen and oxygen atoms in total. The lowest BCUT2D eigenvalue weighted by atomic mass is 9.97. The number of hydrogen-bond donors (Lipinski definition) is 0. The van der Waals surface area contributed by atoms with Gasteiger partial charge in [0, 0.05) is 31.0 Å². The smallest absolute Gasteiger partial charge is 0.277 e. The molecule has 2 aromatic heterocycles. The molecule has 0 saturated carbocycles. The Hall–Kier alpha value is -2.11. The fourth-order valence-electron chi connectivity index (χ4n) is 3.20. The average Bonchev–Trinajstić information content (AvgIpc) is 2.90. The molecule has 2 heterocycles. The molecule has 0 aliphatic heterocycles. The molecule has 2 aromatic rings. The first-order chi connectivity index (χ1) is 10.7. The van der Waals surface area contributed by atoms with Crippen molar-refractivity contribution >= 4 is 11.4 Å². The maximum Gasteiger partial charge on any atom is 0.277 e. The summed E-state index contributed by atoms with van der Waals surface area (Å²) >= 11 is 0. The van der Waals surface area contributed by atoms with Gasteiger partial charge in [-0.05, 0) is 39.5 Å². The highest BCUT2D eigenvalue weighted by atomic mass is 16.2. The minimum atomic E-state index is -0.112. The molecule has 0 N–H and O–H groups in total. The summed E-state index contributed by atoms with van der Waals surface area (Å²) in [6.07, 6.45) is 7.52. The number of fused-ring (bicyclic) bond motifs is 3. The highest BCUT2D eigenvalue weighted by molar-refractivity contribution is 5.76. The van der Waals surface area contributed by atoms with Crippen LogP contribution < -0.4 is 5.56 Å². The zero-order valence-corrected chi connectivity index (χ0v) is 13.2. The number of amides is 1. The Morgan fingerprint density at radius 1 is 1.23 bits per heavy atom. The van der Waals surface area contributed by atoms with Crippen LogP contribution in [0.2, 0.25) is 0 Å². The third-order valence-electron chi connectivity index (χ3n) is 4.46. The second-order valence-electron chi connectivity index (χ2n) is 5.72. The van der Waals surface area contributed by atoms with E-state index in [0.29, 0.717) is 18.6 Å². The Kier molecular flexibility index (Phi) is 4.00. The summed E-state index contributed by atoms with van der Waals surface area (Å²) in [5.74, 6) is -0.0233. The van der Waals surface area contributed by atoms with Crippen LogP contribution in [0.5, 0.6) is 0 Å². The first-order valence-corrected chi connectivity index (χ1v) is 8.03. The third kappa shape index (κ3) is 2.42. The van der Waals surface area contributed by atoms with Crippen LogP contribution in [-0.2, 0) is 24.2 Å². The first kappa shape index (κ1) is 14.8. The lowest BCUT2D eigenvalue weighted by molar-refractivity contribution is -0.131. The molecule has 1 aliphatic carbocycles. The molecule has 1 amide bonds. The van der Waals surface area contributed by atoms with Crippen molar-refractivity contribution in [3.05, 3.63) is 34.0 Å². The minimum Gasteiger partial charge on any atom is -0.342 e. The fraction of sp³-hybridized carbons (Fsp3) is 0.562. The van der Waals surface area contributed by atoms with E-state index in [-0.39, 0.29) is 18.0 Å². The van der Waals surface area contributed by atoms with Crippen LogP contribution in [0.25, 0.3) is 5.52 Å². The monoisotopic (exact) mass is 302 g/mol. The molecule has 6 heteroatoms. The van der Waals surface area contributed by atoms with Gasteiger partial charge >= 0.3 is 0 Å². The van der Waals surface area contributed by atoms with Gasteiger partial charge < -0.3 is 9.47 Å². The number of carbonyl (C=O) groups is 1. The van der Waals surface area contributed by atoms with Crippen molar-refractivity contribution in [3.63, 3.8) is 0 Å². The van der Waals surface area contributed by atoms with Crippen LogP contribution in [0.15, 0.2) is 17.2 Å². The molecule has 0 fully saturated rings. The summed E-state index contributed by atoms with van der Waals surface area (Å²) in [6.45, 7) is 5.31. The van der Waals surface area contributed by atoms with Gasteiger partial charge in [0.15, 0.2) is 0 Å². The second kappa shape index (κ2) is 5.94. The van der Waals surface area contributed by atoms with Crippen molar-refractivity contribution in [1.29, 1.82) is 0 Å². The normalized spacial score (nSPS) is 14.1. The zero-order valence-electron chi connectivity index (χ0n) is 13.2. The summed E-state index contributed by atoms with van der Waals surface area (Å²) in [7, 11) is 0. The molecular formula is C16H22N4O2. The van der Waals surface area contributed by atoms with Crippen LogP contribution in [0.3, 0.4) is 0 Å². The number of carbonyl (C=O) groups excluding carboxylic acids is 1. The van der Waals surface area contributed by atoms with Crippen molar-refractivity contribution in [1.82, 2.24) is 19.1 Å². The summed E-state index contributed by atoms with van der Waals surface area (Å²) in [5.41, 5.74) is 2.64. The number of nitrogens with zero attached hydrogens (tertiary/aromatic N) is 4. The first-order valence-electron chi connectivity index (χ1n) is 8.03. The van der Waals surface area contributed by atoms with Gasteiger partial charge in [-0.15, -0.1) is 0 Å². The Balaban J connectivity index is 2.00. The van der Waals surface area contributed by atoms with Crippen LogP contribution in [0, 0.1) is 0 Å². The Bertz CT molecular complexity index is 755. The minimum absolute atomic E-state index is 0.0233. The van der Waals surface area contributed by atoms with Gasteiger partial charge in [-0.25, -0.2) is 4.52 Å². The quantitative estimate of drug-likeness (QED) is 0.854. The van der Waals surface area contributed by atoms with Crippen LogP contribution in [0.1, 0.15) is 37.9 Å². The number of rotatable bonds is 4. The van der Waals surface area contributed by atoms with Crippen LogP contribution in [-0.4, -0.2) is 38.1 Å². The van der Waals surface area contributed by atoms with Crippen molar-refractivity contribution in [2.24, 2.45) is 0 Å². The standard InChI is InChI=1S/C16H22N4O2/c1-3-18(4-2)14(21)11-19-9-10-20-15(16(19)22)12-7-5-6-8-13(12)17-20/h9-10H,3-8,11H2,1-2H3. The molecule has 0 saturated heterocycles. The van der Waals surface area contributed by atoms with E-state index >= 15 is 0 Å². The van der Waals surface area contributed by atoms with E-state index in [9.17, 15) is 9.59 Å². The molecule has 0 atom stereocenters. The lowest BCUT2D eigenvalue weighted by Gasteiger charge is -2.19. The van der Waals surface area contributed by atoms with Gasteiger partial charge in [0.2, 0.25) is 5.91 Å². The Morgan fingerprint density at radius 2 is 1.95 bits per heavy atom. The Labute approximate surface area is 129 Å². The van der Waals surface area contributed by atoms with E-state index in [1.807, 2.05) is 13.8 Å². The fourth-order valence-corrected chi connectivity index (χ4v) is 3.20. The number of aryl methyl sites for hydroxylation is 2. The van der Waals surface area contributed by atoms with E-state index < -0.39 is 0 Å². The van der Waals surface area contributed by atoms with Crippen molar-refractivity contribution < 1.29 is 4.79 Å². The van der Waals surface area contributed by atoms with Gasteiger partial charge in [-0.2, -0.15) is 5.10 Å². The van der Waals surface area contributed by atoms with Gasteiger partial charge in [0.1, 0.15) is 12.1 Å². The van der Waals surface area contributed by atoms with Gasteiger partial charge in [-0.1, -0.05) is 0 Å². The van der Waals surface area contributed by atoms with E-state index in [2.05, 4.69) is 5.10 Å². The molecule has 118 valence electrons. The van der Waals surface area contributed by atoms with Crippen LogP contribution in [0.4, 0.5) is 0 Å². The summed E-state index contributed by atoms with van der Waals surface area (Å²) in [6, 6.07) is 0. The Morgan fingerprint density at radius 3 is 2.68 bits per heavy atom. The molecule has 0 unspecified atom stereocenters. The average molecular weight is 302 g/mol. The van der Waals surface area contributed by atoms with Gasteiger partial charge in [0.25, 0.3) is 5.56 Å². The van der Waals surface area contributed by atoms with Gasteiger partial charge in [-0.3, -0.25) is 9.59 Å². The van der Waals surface area contributed by atoms with Crippen molar-refractivity contribution in [2.45, 2.75) is 46.1 Å². The van der Waals surface area contributed by atoms with E-state index in [0.717, 1.165) is 36.9 Å². The molecule has 0 radical (unpaired) electrons. The number of hydrogen-bond acceptors (Lipinski definition) is 3. The summed E-state index contributed by atoms with van der Waals surface area (Å²) in [4.78, 5) is 26.7.